The summed E-state index contributed by atoms with van der Waals surface area (Å²) < 4.78 is 12.2. The Hall–Kier alpha value is -1.23. The minimum Gasteiger partial charge on any atom is -0.497 e. The van der Waals surface area contributed by atoms with Crippen molar-refractivity contribution >= 4 is 27.5 Å². The van der Waals surface area contributed by atoms with Crippen molar-refractivity contribution in [3.05, 3.63) is 57.0 Å². The topological polar surface area (TPSA) is 38.7 Å². The van der Waals surface area contributed by atoms with Crippen LogP contribution in [0.2, 0.25) is 5.02 Å². The maximum Gasteiger partial charge on any atom is 0.129 e. The van der Waals surface area contributed by atoms with Gasteiger partial charge >= 0.3 is 0 Å². The number of hydrogen-bond acceptors (Lipinski definition) is 3. The van der Waals surface area contributed by atoms with E-state index >= 15 is 0 Å². The molecule has 0 radical (unpaired) electrons. The summed E-state index contributed by atoms with van der Waals surface area (Å²) in [7, 11) is 1.60. The van der Waals surface area contributed by atoms with Gasteiger partial charge in [0, 0.05) is 33.1 Å². The van der Waals surface area contributed by atoms with Gasteiger partial charge in [-0.15, -0.1) is 0 Å². The van der Waals surface area contributed by atoms with Crippen molar-refractivity contribution < 1.29 is 14.6 Å². The van der Waals surface area contributed by atoms with Crippen LogP contribution in [0.1, 0.15) is 29.8 Å². The first-order valence-corrected chi connectivity index (χ1v) is 7.73. The maximum absolute atomic E-state index is 10.3. The highest BCUT2D eigenvalue weighted by Gasteiger charge is 2.29. The van der Waals surface area contributed by atoms with Crippen molar-refractivity contribution in [1.82, 2.24) is 0 Å². The SMILES string of the molecule is COc1ccc2c(c1)OC(c1cc(Cl)ccc1Br)CC2O. The molecule has 0 saturated heterocycles. The summed E-state index contributed by atoms with van der Waals surface area (Å²) in [5.41, 5.74) is 1.71. The van der Waals surface area contributed by atoms with Crippen LogP contribution in [0.3, 0.4) is 0 Å². The van der Waals surface area contributed by atoms with Crippen LogP contribution in [0.5, 0.6) is 11.5 Å². The van der Waals surface area contributed by atoms with Gasteiger partial charge in [-0.1, -0.05) is 27.5 Å². The van der Waals surface area contributed by atoms with E-state index in [9.17, 15) is 5.11 Å². The Morgan fingerprint density at radius 2 is 2.05 bits per heavy atom. The number of methoxy groups -OCH3 is 1. The van der Waals surface area contributed by atoms with E-state index in [1.54, 1.807) is 13.2 Å². The molecule has 21 heavy (non-hydrogen) atoms. The normalized spacial score (nSPS) is 20.6. The molecule has 2 unspecified atom stereocenters. The second-order valence-corrected chi connectivity index (χ2v) is 6.22. The highest BCUT2D eigenvalue weighted by atomic mass is 79.9. The highest BCUT2D eigenvalue weighted by molar-refractivity contribution is 9.10. The number of aliphatic hydroxyl groups excluding tert-OH is 1. The van der Waals surface area contributed by atoms with E-state index in [2.05, 4.69) is 15.9 Å². The molecule has 5 heteroatoms. The molecule has 0 fully saturated rings. The van der Waals surface area contributed by atoms with Crippen LogP contribution in [0, 0.1) is 0 Å². The van der Waals surface area contributed by atoms with Gasteiger partial charge in [-0.3, -0.25) is 0 Å². The van der Waals surface area contributed by atoms with Crippen LogP contribution in [-0.4, -0.2) is 12.2 Å². The van der Waals surface area contributed by atoms with Gasteiger partial charge in [-0.25, -0.2) is 0 Å². The summed E-state index contributed by atoms with van der Waals surface area (Å²) in [6, 6.07) is 11.0. The molecule has 0 amide bonds. The van der Waals surface area contributed by atoms with E-state index in [0.717, 1.165) is 15.6 Å². The molecule has 0 aliphatic carbocycles. The van der Waals surface area contributed by atoms with E-state index < -0.39 is 6.10 Å². The average molecular weight is 370 g/mol. The zero-order valence-corrected chi connectivity index (χ0v) is 13.7. The molecule has 0 spiro atoms. The van der Waals surface area contributed by atoms with Crippen molar-refractivity contribution in [3.8, 4) is 11.5 Å². The van der Waals surface area contributed by atoms with Gasteiger partial charge in [-0.05, 0) is 30.3 Å². The molecule has 0 saturated carbocycles. The second kappa shape index (κ2) is 5.87. The van der Waals surface area contributed by atoms with Crippen LogP contribution in [0.25, 0.3) is 0 Å². The predicted octanol–water partition coefficient (Wildman–Crippen LogP) is 4.67. The molecule has 2 atom stereocenters. The van der Waals surface area contributed by atoms with Gasteiger partial charge in [0.25, 0.3) is 0 Å². The van der Waals surface area contributed by atoms with E-state index in [1.807, 2.05) is 30.3 Å². The number of hydrogen-bond donors (Lipinski definition) is 1. The molecule has 1 aliphatic rings. The van der Waals surface area contributed by atoms with Crippen molar-refractivity contribution in [2.75, 3.05) is 7.11 Å². The molecular weight excluding hydrogens is 356 g/mol. The first-order chi connectivity index (χ1) is 10.1. The number of ether oxygens (including phenoxy) is 2. The third-order valence-electron chi connectivity index (χ3n) is 3.59. The third-order valence-corrected chi connectivity index (χ3v) is 4.55. The average Bonchev–Trinajstić information content (AvgIpc) is 2.49. The van der Waals surface area contributed by atoms with Crippen LogP contribution < -0.4 is 9.47 Å². The minimum absolute atomic E-state index is 0.257. The third kappa shape index (κ3) is 2.89. The molecule has 1 N–H and O–H groups in total. The molecule has 2 aromatic rings. The van der Waals surface area contributed by atoms with E-state index in [1.165, 1.54) is 0 Å². The zero-order chi connectivity index (χ0) is 15.0. The molecule has 1 aliphatic heterocycles. The predicted molar refractivity (Wildman–Crippen MR) is 85.1 cm³/mol. The molecular formula is C16H14BrClO3. The lowest BCUT2D eigenvalue weighted by Gasteiger charge is -2.30. The van der Waals surface area contributed by atoms with E-state index in [-0.39, 0.29) is 6.10 Å². The van der Waals surface area contributed by atoms with Crippen molar-refractivity contribution in [2.24, 2.45) is 0 Å². The number of fused-ring (bicyclic) bond motifs is 1. The zero-order valence-electron chi connectivity index (χ0n) is 11.3. The van der Waals surface area contributed by atoms with Crippen LogP contribution in [0.4, 0.5) is 0 Å². The quantitative estimate of drug-likeness (QED) is 0.836. The Kier molecular flexibility index (Phi) is 4.11. The Balaban J connectivity index is 1.98. The van der Waals surface area contributed by atoms with Gasteiger partial charge in [0.1, 0.15) is 17.6 Å². The monoisotopic (exact) mass is 368 g/mol. The first-order valence-electron chi connectivity index (χ1n) is 6.56. The summed E-state index contributed by atoms with van der Waals surface area (Å²) >= 11 is 9.57. The van der Waals surface area contributed by atoms with Crippen LogP contribution in [-0.2, 0) is 0 Å². The summed E-state index contributed by atoms with van der Waals surface area (Å²) in [6.07, 6.45) is -0.346. The smallest absolute Gasteiger partial charge is 0.129 e. The standard InChI is InChI=1S/C16H14BrClO3/c1-20-10-3-4-11-14(19)8-16(21-15(11)7-10)12-6-9(18)2-5-13(12)17/h2-7,14,16,19H,8H2,1H3. The number of aliphatic hydroxyl groups is 1. The van der Waals surface area contributed by atoms with E-state index in [4.69, 9.17) is 21.1 Å². The minimum atomic E-state index is -0.574. The van der Waals surface area contributed by atoms with Crippen LogP contribution in [0.15, 0.2) is 40.9 Å². The van der Waals surface area contributed by atoms with Gasteiger partial charge in [0.2, 0.25) is 0 Å². The van der Waals surface area contributed by atoms with Crippen LogP contribution >= 0.6 is 27.5 Å². The fourth-order valence-corrected chi connectivity index (χ4v) is 3.18. The largest absolute Gasteiger partial charge is 0.497 e. The second-order valence-electron chi connectivity index (χ2n) is 4.93. The molecule has 110 valence electrons. The van der Waals surface area contributed by atoms with Gasteiger partial charge in [0.15, 0.2) is 0 Å². The number of halogens is 2. The Labute approximate surface area is 136 Å². The fourth-order valence-electron chi connectivity index (χ4n) is 2.50. The lowest BCUT2D eigenvalue weighted by Crippen LogP contribution is -2.19. The van der Waals surface area contributed by atoms with Gasteiger partial charge in [0.05, 0.1) is 13.2 Å². The van der Waals surface area contributed by atoms with Crippen molar-refractivity contribution in [1.29, 1.82) is 0 Å². The number of benzene rings is 2. The molecule has 2 aromatic carbocycles. The van der Waals surface area contributed by atoms with Gasteiger partial charge < -0.3 is 14.6 Å². The Morgan fingerprint density at radius 1 is 1.24 bits per heavy atom. The molecule has 1 heterocycles. The Morgan fingerprint density at radius 3 is 2.81 bits per heavy atom. The molecule has 3 rings (SSSR count). The summed E-state index contributed by atoms with van der Waals surface area (Å²) in [4.78, 5) is 0. The Bertz CT molecular complexity index is 675. The first kappa shape index (κ1) is 14.7. The fraction of sp³-hybridized carbons (Fsp3) is 0.250. The lowest BCUT2D eigenvalue weighted by atomic mass is 9.95. The molecule has 0 bridgehead atoms. The van der Waals surface area contributed by atoms with Gasteiger partial charge in [-0.2, -0.15) is 0 Å². The molecule has 3 nitrogen and oxygen atoms in total. The molecule has 0 aromatic heterocycles. The van der Waals surface area contributed by atoms with E-state index in [0.29, 0.717) is 22.9 Å². The highest BCUT2D eigenvalue weighted by Crippen LogP contribution is 2.44. The lowest BCUT2D eigenvalue weighted by molar-refractivity contribution is 0.0651. The van der Waals surface area contributed by atoms with Crippen molar-refractivity contribution in [3.63, 3.8) is 0 Å². The number of rotatable bonds is 2. The van der Waals surface area contributed by atoms with Crippen molar-refractivity contribution in [2.45, 2.75) is 18.6 Å². The summed E-state index contributed by atoms with van der Waals surface area (Å²) in [5, 5.41) is 11.0. The summed E-state index contributed by atoms with van der Waals surface area (Å²) in [6.45, 7) is 0. The summed E-state index contributed by atoms with van der Waals surface area (Å²) in [5.74, 6) is 1.34. The maximum atomic E-state index is 10.3.